The van der Waals surface area contributed by atoms with Gasteiger partial charge in [-0.25, -0.2) is 9.18 Å². The summed E-state index contributed by atoms with van der Waals surface area (Å²) in [4.78, 5) is 13.5. The Morgan fingerprint density at radius 2 is 2.13 bits per heavy atom. The Labute approximate surface area is 139 Å². The molecule has 1 aromatic rings. The fraction of sp³-hybridized carbons (Fsp3) is 0.562. The van der Waals surface area contributed by atoms with Crippen molar-refractivity contribution in [3.05, 3.63) is 29.0 Å². The molecule has 128 valence electrons. The third-order valence-electron chi connectivity index (χ3n) is 3.34. The topological polar surface area (TPSA) is 59.0 Å². The lowest BCUT2D eigenvalue weighted by Crippen LogP contribution is -2.52. The van der Waals surface area contributed by atoms with Crippen LogP contribution in [0.15, 0.2) is 18.2 Å². The molecule has 0 bridgehead atoms. The molecule has 7 heteroatoms. The van der Waals surface area contributed by atoms with E-state index in [1.165, 1.54) is 17.0 Å². The molecule has 1 amide bonds. The minimum atomic E-state index is -0.877. The molecule has 1 saturated heterocycles. The standard InChI is InChI=1S/C16H21ClFNO4/c1-16(2,3)23-15(21)19-7-6-14(12(20)9-19)22-13-5-4-10(18)8-11(13)17/h4-5,8,12,14,20H,6-7,9H2,1-3H3. The van der Waals surface area contributed by atoms with Crippen LogP contribution in [0.4, 0.5) is 9.18 Å². The molecule has 0 spiro atoms. The molecule has 23 heavy (non-hydrogen) atoms. The Morgan fingerprint density at radius 3 is 2.70 bits per heavy atom. The molecule has 5 nitrogen and oxygen atoms in total. The van der Waals surface area contributed by atoms with Crippen LogP contribution in [0.1, 0.15) is 27.2 Å². The molecule has 1 aromatic carbocycles. The molecular weight excluding hydrogens is 325 g/mol. The first-order valence-corrected chi connectivity index (χ1v) is 7.81. The summed E-state index contributed by atoms with van der Waals surface area (Å²) in [6.45, 7) is 5.86. The molecule has 0 saturated carbocycles. The van der Waals surface area contributed by atoms with Crippen molar-refractivity contribution in [3.63, 3.8) is 0 Å². The smallest absolute Gasteiger partial charge is 0.410 e. The number of aliphatic hydroxyl groups is 1. The van der Waals surface area contributed by atoms with Gasteiger partial charge in [-0.3, -0.25) is 0 Å². The van der Waals surface area contributed by atoms with Crippen molar-refractivity contribution in [1.82, 2.24) is 4.90 Å². The fourth-order valence-corrected chi connectivity index (χ4v) is 2.49. The molecule has 1 aliphatic rings. The van der Waals surface area contributed by atoms with E-state index in [1.807, 2.05) is 0 Å². The molecule has 0 radical (unpaired) electrons. The summed E-state index contributed by atoms with van der Waals surface area (Å²) < 4.78 is 24.0. The van der Waals surface area contributed by atoms with E-state index in [-0.39, 0.29) is 11.6 Å². The maximum atomic E-state index is 13.0. The number of carbonyl (C=O) groups is 1. The minimum absolute atomic E-state index is 0.110. The lowest BCUT2D eigenvalue weighted by Gasteiger charge is -2.36. The van der Waals surface area contributed by atoms with Gasteiger partial charge in [-0.2, -0.15) is 0 Å². The first-order valence-electron chi connectivity index (χ1n) is 7.43. The van der Waals surface area contributed by atoms with Crippen LogP contribution >= 0.6 is 11.6 Å². The van der Waals surface area contributed by atoms with E-state index < -0.39 is 29.7 Å². The number of amides is 1. The third-order valence-corrected chi connectivity index (χ3v) is 3.64. The molecule has 1 heterocycles. The average Bonchev–Trinajstić information content (AvgIpc) is 2.41. The third kappa shape index (κ3) is 4.97. The van der Waals surface area contributed by atoms with Gasteiger partial charge in [0.2, 0.25) is 0 Å². The minimum Gasteiger partial charge on any atom is -0.486 e. The van der Waals surface area contributed by atoms with Crippen LogP contribution < -0.4 is 4.74 Å². The summed E-state index contributed by atoms with van der Waals surface area (Å²) in [5, 5.41) is 10.3. The maximum absolute atomic E-state index is 13.0. The highest BCUT2D eigenvalue weighted by atomic mass is 35.5. The maximum Gasteiger partial charge on any atom is 0.410 e. The first kappa shape index (κ1) is 17.8. The van der Waals surface area contributed by atoms with Crippen molar-refractivity contribution in [2.24, 2.45) is 0 Å². The zero-order valence-corrected chi connectivity index (χ0v) is 14.1. The highest BCUT2D eigenvalue weighted by Crippen LogP contribution is 2.28. The van der Waals surface area contributed by atoms with E-state index in [4.69, 9.17) is 21.1 Å². The largest absolute Gasteiger partial charge is 0.486 e. The van der Waals surface area contributed by atoms with E-state index in [0.29, 0.717) is 18.7 Å². The average molecular weight is 346 g/mol. The Bertz CT molecular complexity index is 576. The summed E-state index contributed by atoms with van der Waals surface area (Å²) in [7, 11) is 0. The van der Waals surface area contributed by atoms with E-state index in [1.54, 1.807) is 20.8 Å². The molecule has 0 aromatic heterocycles. The van der Waals surface area contributed by atoms with Gasteiger partial charge in [0.25, 0.3) is 0 Å². The summed E-state index contributed by atoms with van der Waals surface area (Å²) in [5.41, 5.74) is -0.586. The molecular formula is C16H21ClFNO4. The van der Waals surface area contributed by atoms with Gasteiger partial charge in [-0.05, 0) is 39.0 Å². The number of carbonyl (C=O) groups excluding carboxylic acids is 1. The first-order chi connectivity index (χ1) is 10.7. The number of hydrogen-bond acceptors (Lipinski definition) is 4. The quantitative estimate of drug-likeness (QED) is 0.894. The number of piperidine rings is 1. The van der Waals surface area contributed by atoms with Crippen LogP contribution in [0.5, 0.6) is 5.75 Å². The Morgan fingerprint density at radius 1 is 1.43 bits per heavy atom. The van der Waals surface area contributed by atoms with E-state index in [9.17, 15) is 14.3 Å². The summed E-state index contributed by atoms with van der Waals surface area (Å²) in [6, 6.07) is 3.81. The molecule has 2 atom stereocenters. The van der Waals surface area contributed by atoms with Crippen molar-refractivity contribution >= 4 is 17.7 Å². The number of benzene rings is 1. The number of rotatable bonds is 2. The zero-order chi connectivity index (χ0) is 17.2. The van der Waals surface area contributed by atoms with Crippen LogP contribution in [0.25, 0.3) is 0 Å². The predicted molar refractivity (Wildman–Crippen MR) is 84.3 cm³/mol. The molecule has 1 aliphatic heterocycles. The van der Waals surface area contributed by atoms with E-state index in [0.717, 1.165) is 6.07 Å². The number of halogens is 2. The predicted octanol–water partition coefficient (Wildman–Crippen LogP) is 3.23. The monoisotopic (exact) mass is 345 g/mol. The molecule has 0 aliphatic carbocycles. The second-order valence-electron chi connectivity index (χ2n) is 6.51. The summed E-state index contributed by atoms with van der Waals surface area (Å²) in [5.74, 6) is -0.148. The second kappa shape index (κ2) is 6.93. The van der Waals surface area contributed by atoms with Gasteiger partial charge >= 0.3 is 6.09 Å². The lowest BCUT2D eigenvalue weighted by atomic mass is 10.1. The van der Waals surface area contributed by atoms with Gasteiger partial charge in [-0.1, -0.05) is 11.6 Å². The van der Waals surface area contributed by atoms with Crippen molar-refractivity contribution in [2.45, 2.75) is 45.0 Å². The van der Waals surface area contributed by atoms with Crippen LogP contribution in [0.3, 0.4) is 0 Å². The zero-order valence-electron chi connectivity index (χ0n) is 13.4. The summed E-state index contributed by atoms with van der Waals surface area (Å²) >= 11 is 5.92. The number of nitrogens with zero attached hydrogens (tertiary/aromatic N) is 1. The molecule has 1 N–H and O–H groups in total. The normalized spacial score (nSPS) is 21.9. The number of ether oxygens (including phenoxy) is 2. The van der Waals surface area contributed by atoms with Crippen LogP contribution in [-0.4, -0.2) is 47.0 Å². The second-order valence-corrected chi connectivity index (χ2v) is 6.92. The number of aliphatic hydroxyl groups excluding tert-OH is 1. The van der Waals surface area contributed by atoms with Crippen LogP contribution in [0.2, 0.25) is 5.02 Å². The molecule has 1 fully saturated rings. The number of hydrogen-bond donors (Lipinski definition) is 1. The highest BCUT2D eigenvalue weighted by Gasteiger charge is 2.34. The van der Waals surface area contributed by atoms with Gasteiger partial charge in [0, 0.05) is 13.0 Å². The van der Waals surface area contributed by atoms with Gasteiger partial charge < -0.3 is 19.5 Å². The van der Waals surface area contributed by atoms with Gasteiger partial charge in [0.05, 0.1) is 11.6 Å². The fourth-order valence-electron chi connectivity index (χ4n) is 2.27. The van der Waals surface area contributed by atoms with Crippen molar-refractivity contribution in [1.29, 1.82) is 0 Å². The Hall–Kier alpha value is -1.53. The van der Waals surface area contributed by atoms with Gasteiger partial charge in [-0.15, -0.1) is 0 Å². The van der Waals surface area contributed by atoms with Crippen LogP contribution in [0, 0.1) is 5.82 Å². The van der Waals surface area contributed by atoms with Crippen molar-refractivity contribution < 1.29 is 23.8 Å². The van der Waals surface area contributed by atoms with Crippen LogP contribution in [-0.2, 0) is 4.74 Å². The number of β-amino-alcohol motifs (C(OH)–C–C–N with tert-alkyl or cyclic N) is 1. The summed E-state index contributed by atoms with van der Waals surface area (Å²) in [6.07, 6.45) is -1.43. The van der Waals surface area contributed by atoms with Gasteiger partial charge in [0.15, 0.2) is 0 Å². The van der Waals surface area contributed by atoms with Gasteiger partial charge in [0.1, 0.15) is 29.4 Å². The van der Waals surface area contributed by atoms with E-state index >= 15 is 0 Å². The SMILES string of the molecule is CC(C)(C)OC(=O)N1CCC(Oc2ccc(F)cc2Cl)C(O)C1. The van der Waals surface area contributed by atoms with E-state index in [2.05, 4.69) is 0 Å². The van der Waals surface area contributed by atoms with Crippen molar-refractivity contribution in [3.8, 4) is 5.75 Å². The molecule has 2 unspecified atom stereocenters. The van der Waals surface area contributed by atoms with Crippen molar-refractivity contribution in [2.75, 3.05) is 13.1 Å². The molecule has 2 rings (SSSR count). The Balaban J connectivity index is 1.95. The lowest BCUT2D eigenvalue weighted by molar-refractivity contribution is -0.0374. The number of likely N-dealkylation sites (tertiary alicyclic amines) is 1. The highest BCUT2D eigenvalue weighted by molar-refractivity contribution is 6.32. The Kier molecular flexibility index (Phi) is 5.37.